The van der Waals surface area contributed by atoms with Gasteiger partial charge in [0.2, 0.25) is 0 Å². The van der Waals surface area contributed by atoms with Crippen LogP contribution in [0.25, 0.3) is 10.2 Å². The van der Waals surface area contributed by atoms with Crippen molar-refractivity contribution in [2.45, 2.75) is 25.4 Å². The predicted molar refractivity (Wildman–Crippen MR) is 97.4 cm³/mol. The van der Waals surface area contributed by atoms with E-state index < -0.39 is 0 Å². The topological polar surface area (TPSA) is 26.0 Å². The van der Waals surface area contributed by atoms with E-state index in [4.69, 9.17) is 17.2 Å². The van der Waals surface area contributed by atoms with Gasteiger partial charge in [-0.15, -0.1) is 11.3 Å². The summed E-state index contributed by atoms with van der Waals surface area (Å²) in [5, 5.41) is 1.28. The summed E-state index contributed by atoms with van der Waals surface area (Å²) in [7, 11) is 2.00. The number of likely N-dealkylation sites (tertiary alicyclic amines) is 1. The van der Waals surface area contributed by atoms with Crippen LogP contribution < -0.4 is 0 Å². The van der Waals surface area contributed by atoms with Crippen LogP contribution in [0.15, 0.2) is 36.7 Å². The van der Waals surface area contributed by atoms with Crippen LogP contribution >= 0.6 is 23.6 Å². The van der Waals surface area contributed by atoms with E-state index >= 15 is 0 Å². The third-order valence-corrected chi connectivity index (χ3v) is 6.26. The Balaban J connectivity index is 1.52. The second kappa shape index (κ2) is 6.19. The number of thiazole rings is 1. The maximum absolute atomic E-state index is 5.45. The molecule has 1 aliphatic heterocycles. The highest BCUT2D eigenvalue weighted by atomic mass is 32.1. The number of hydrogen-bond acceptors (Lipinski definition) is 4. The molecular formula is C17H20N4S2. The first kappa shape index (κ1) is 15.1. The van der Waals surface area contributed by atoms with Gasteiger partial charge in [0, 0.05) is 31.9 Å². The van der Waals surface area contributed by atoms with E-state index in [0.29, 0.717) is 5.92 Å². The summed E-state index contributed by atoms with van der Waals surface area (Å²) in [4.78, 5) is 7.36. The van der Waals surface area contributed by atoms with Gasteiger partial charge in [0.15, 0.2) is 4.77 Å². The van der Waals surface area contributed by atoms with Gasteiger partial charge in [-0.3, -0.25) is 4.90 Å². The summed E-state index contributed by atoms with van der Waals surface area (Å²) in [5.74, 6) is 0.541. The highest BCUT2D eigenvalue weighted by Gasteiger charge is 2.24. The Morgan fingerprint density at radius 2 is 2.17 bits per heavy atom. The predicted octanol–water partition coefficient (Wildman–Crippen LogP) is 4.00. The van der Waals surface area contributed by atoms with Crippen molar-refractivity contribution in [2.75, 3.05) is 13.1 Å². The van der Waals surface area contributed by atoms with Gasteiger partial charge in [-0.05, 0) is 43.7 Å². The first-order chi connectivity index (χ1) is 11.2. The number of nitrogens with zero attached hydrogens (tertiary/aromatic N) is 4. The zero-order chi connectivity index (χ0) is 15.8. The van der Waals surface area contributed by atoms with Crippen LogP contribution in [-0.2, 0) is 13.7 Å². The molecule has 23 heavy (non-hydrogen) atoms. The van der Waals surface area contributed by atoms with Gasteiger partial charge in [0.05, 0.1) is 21.9 Å². The van der Waals surface area contributed by atoms with E-state index in [1.165, 1.54) is 22.5 Å². The highest BCUT2D eigenvalue weighted by Crippen LogP contribution is 2.33. The Labute approximate surface area is 145 Å². The van der Waals surface area contributed by atoms with E-state index in [9.17, 15) is 0 Å². The molecule has 3 heterocycles. The normalized spacial score (nSPS) is 19.4. The number of fused-ring (bicyclic) bond motifs is 1. The minimum Gasteiger partial charge on any atom is -0.327 e. The quantitative estimate of drug-likeness (QED) is 0.672. The summed E-state index contributed by atoms with van der Waals surface area (Å²) in [5.41, 5.74) is 1.13. The molecule has 4 nitrogen and oxygen atoms in total. The highest BCUT2D eigenvalue weighted by molar-refractivity contribution is 7.71. The fraction of sp³-hybridized carbons (Fsp3) is 0.412. The Hall–Kier alpha value is -1.50. The molecule has 1 aromatic carbocycles. The maximum Gasteiger partial charge on any atom is 0.180 e. The number of para-hydroxylation sites is 1. The van der Waals surface area contributed by atoms with Crippen molar-refractivity contribution < 1.29 is 0 Å². The molecule has 1 fully saturated rings. The Kier molecular flexibility index (Phi) is 4.05. The number of hydrogen-bond donors (Lipinski definition) is 0. The maximum atomic E-state index is 5.45. The van der Waals surface area contributed by atoms with Crippen molar-refractivity contribution >= 4 is 33.8 Å². The first-order valence-electron chi connectivity index (χ1n) is 8.00. The first-order valence-corrected chi connectivity index (χ1v) is 9.23. The molecule has 0 spiro atoms. The van der Waals surface area contributed by atoms with Crippen molar-refractivity contribution in [1.82, 2.24) is 19.0 Å². The minimum atomic E-state index is 0.541. The van der Waals surface area contributed by atoms with Gasteiger partial charge in [0.1, 0.15) is 0 Å². The number of aromatic nitrogens is 3. The van der Waals surface area contributed by atoms with Crippen molar-refractivity contribution in [3.05, 3.63) is 46.4 Å². The van der Waals surface area contributed by atoms with Gasteiger partial charge in [-0.2, -0.15) is 0 Å². The molecule has 0 aliphatic carbocycles. The number of piperidine rings is 1. The average Bonchev–Trinajstić information content (AvgIpc) is 3.14. The lowest BCUT2D eigenvalue weighted by molar-refractivity contribution is 0.164. The molecule has 1 saturated heterocycles. The number of rotatable bonds is 3. The molecule has 0 amide bonds. The summed E-state index contributed by atoms with van der Waals surface area (Å²) in [6.45, 7) is 3.08. The van der Waals surface area contributed by atoms with E-state index in [2.05, 4.69) is 39.9 Å². The van der Waals surface area contributed by atoms with Crippen molar-refractivity contribution in [3.63, 3.8) is 0 Å². The van der Waals surface area contributed by atoms with Crippen LogP contribution in [0.3, 0.4) is 0 Å². The molecule has 2 aromatic heterocycles. The van der Waals surface area contributed by atoms with Gasteiger partial charge >= 0.3 is 0 Å². The van der Waals surface area contributed by atoms with Crippen LogP contribution in [0.2, 0.25) is 0 Å². The van der Waals surface area contributed by atoms with Gasteiger partial charge in [0.25, 0.3) is 0 Å². The molecule has 0 saturated carbocycles. The van der Waals surface area contributed by atoms with E-state index in [1.54, 1.807) is 0 Å². The second-order valence-corrected chi connectivity index (χ2v) is 7.67. The lowest BCUT2D eigenvalue weighted by Gasteiger charge is -2.31. The Morgan fingerprint density at radius 1 is 1.30 bits per heavy atom. The summed E-state index contributed by atoms with van der Waals surface area (Å²) < 4.78 is 6.32. The van der Waals surface area contributed by atoms with Crippen LogP contribution in [-0.4, -0.2) is 32.1 Å². The SMILES string of the molecule is Cn1ccn(CN2CCC[C@H](c3nc4ccccc4s3)C2)c1=S. The number of aryl methyl sites for hydroxylation is 1. The zero-order valence-corrected chi connectivity index (χ0v) is 14.8. The summed E-state index contributed by atoms with van der Waals surface area (Å²) >= 11 is 7.30. The van der Waals surface area contributed by atoms with Crippen LogP contribution in [0.1, 0.15) is 23.8 Å². The van der Waals surface area contributed by atoms with E-state index in [-0.39, 0.29) is 0 Å². The van der Waals surface area contributed by atoms with Crippen molar-refractivity contribution in [1.29, 1.82) is 0 Å². The monoisotopic (exact) mass is 344 g/mol. The molecule has 4 rings (SSSR count). The molecule has 1 aliphatic rings. The molecule has 1 atom stereocenters. The standard InChI is InChI=1S/C17H20N4S2/c1-19-9-10-21(17(19)22)12-20-8-4-5-13(11-20)16-18-14-6-2-3-7-15(14)23-16/h2-3,6-7,9-10,13H,4-5,8,11-12H2,1H3/t13-/m0/s1. The third-order valence-electron chi connectivity index (χ3n) is 4.54. The lowest BCUT2D eigenvalue weighted by Crippen LogP contribution is -2.35. The molecule has 0 radical (unpaired) electrons. The Morgan fingerprint density at radius 3 is 2.96 bits per heavy atom. The van der Waals surface area contributed by atoms with Gasteiger partial charge in [-0.25, -0.2) is 4.98 Å². The second-order valence-electron chi connectivity index (χ2n) is 6.24. The van der Waals surface area contributed by atoms with Crippen molar-refractivity contribution in [2.24, 2.45) is 7.05 Å². The third kappa shape index (κ3) is 2.98. The number of imidazole rings is 1. The van der Waals surface area contributed by atoms with Crippen molar-refractivity contribution in [3.8, 4) is 0 Å². The van der Waals surface area contributed by atoms with E-state index in [1.807, 2.05) is 29.1 Å². The molecule has 3 aromatic rings. The zero-order valence-electron chi connectivity index (χ0n) is 13.2. The molecule has 0 bridgehead atoms. The van der Waals surface area contributed by atoms with Gasteiger partial charge in [-0.1, -0.05) is 12.1 Å². The van der Waals surface area contributed by atoms with Gasteiger partial charge < -0.3 is 9.13 Å². The minimum absolute atomic E-state index is 0.541. The van der Waals surface area contributed by atoms with E-state index in [0.717, 1.165) is 30.0 Å². The summed E-state index contributed by atoms with van der Waals surface area (Å²) in [6.07, 6.45) is 6.55. The largest absolute Gasteiger partial charge is 0.327 e. The fourth-order valence-electron chi connectivity index (χ4n) is 3.28. The lowest BCUT2D eigenvalue weighted by atomic mass is 9.99. The molecule has 120 valence electrons. The molecule has 0 N–H and O–H groups in total. The average molecular weight is 345 g/mol. The summed E-state index contributed by atoms with van der Waals surface area (Å²) in [6, 6.07) is 8.43. The van der Waals surface area contributed by atoms with Crippen LogP contribution in [0.5, 0.6) is 0 Å². The smallest absolute Gasteiger partial charge is 0.180 e. The Bertz CT molecular complexity index is 843. The molecular weight excluding hydrogens is 324 g/mol. The number of benzene rings is 1. The van der Waals surface area contributed by atoms with Crippen LogP contribution in [0.4, 0.5) is 0 Å². The molecule has 0 unspecified atom stereocenters. The van der Waals surface area contributed by atoms with Crippen LogP contribution in [0, 0.1) is 4.77 Å². The fourth-order valence-corrected chi connectivity index (χ4v) is 4.56. The molecule has 6 heteroatoms.